The molecule has 0 bridgehead atoms. The predicted molar refractivity (Wildman–Crippen MR) is 87.1 cm³/mol. The minimum atomic E-state index is -1.17. The molecule has 22 heavy (non-hydrogen) atoms. The van der Waals surface area contributed by atoms with E-state index in [4.69, 9.17) is 4.74 Å². The normalized spacial score (nSPS) is 14.3. The molecule has 0 spiro atoms. The minimum absolute atomic E-state index is 0.119. The summed E-state index contributed by atoms with van der Waals surface area (Å²) in [6.45, 7) is 1.87. The van der Waals surface area contributed by atoms with E-state index in [0.29, 0.717) is 28.8 Å². The number of ether oxygens (including phenoxy) is 1. The van der Waals surface area contributed by atoms with Crippen molar-refractivity contribution >= 4 is 32.8 Å². The summed E-state index contributed by atoms with van der Waals surface area (Å²) in [7, 11) is 1.55. The van der Waals surface area contributed by atoms with Gasteiger partial charge in [0.2, 0.25) is 5.43 Å². The van der Waals surface area contributed by atoms with E-state index in [1.807, 2.05) is 11.5 Å². The fraction of sp³-hybridized carbons (Fsp3) is 0.375. The number of rotatable bonds is 4. The topological polar surface area (TPSA) is 68.5 Å². The van der Waals surface area contributed by atoms with Crippen LogP contribution >= 0.6 is 15.9 Å². The Morgan fingerprint density at radius 3 is 2.64 bits per heavy atom. The van der Waals surface area contributed by atoms with Crippen molar-refractivity contribution in [3.63, 3.8) is 0 Å². The Labute approximate surface area is 135 Å². The molecule has 1 fully saturated rings. The summed E-state index contributed by atoms with van der Waals surface area (Å²) < 4.78 is 8.22. The van der Waals surface area contributed by atoms with E-state index in [2.05, 4.69) is 15.9 Å². The van der Waals surface area contributed by atoms with Gasteiger partial charge < -0.3 is 14.4 Å². The molecule has 6 heteroatoms. The van der Waals surface area contributed by atoms with Crippen LogP contribution in [0.15, 0.2) is 21.4 Å². The van der Waals surface area contributed by atoms with Gasteiger partial charge in [0.05, 0.1) is 22.5 Å². The molecule has 5 nitrogen and oxygen atoms in total. The summed E-state index contributed by atoms with van der Waals surface area (Å²) in [5.74, 6) is -0.590. The second kappa shape index (κ2) is 5.43. The average Bonchev–Trinajstić information content (AvgIpc) is 3.30. The summed E-state index contributed by atoms with van der Waals surface area (Å²) in [4.78, 5) is 24.3. The van der Waals surface area contributed by atoms with Crippen molar-refractivity contribution in [3.8, 4) is 5.75 Å². The molecule has 1 aromatic heterocycles. The van der Waals surface area contributed by atoms with Crippen molar-refractivity contribution in [1.82, 2.24) is 4.57 Å². The summed E-state index contributed by atoms with van der Waals surface area (Å²) in [5, 5.41) is 9.88. The molecular formula is C16H16BrNO4. The minimum Gasteiger partial charge on any atom is -0.493 e. The van der Waals surface area contributed by atoms with Gasteiger partial charge in [0, 0.05) is 11.7 Å². The van der Waals surface area contributed by atoms with Gasteiger partial charge in [0.25, 0.3) is 0 Å². The molecule has 2 aromatic rings. The maximum atomic E-state index is 12.7. The average molecular weight is 366 g/mol. The highest BCUT2D eigenvalue weighted by atomic mass is 79.9. The molecule has 0 atom stereocenters. The third-order valence-electron chi connectivity index (χ3n) is 4.04. The molecule has 1 aliphatic rings. The van der Waals surface area contributed by atoms with Crippen molar-refractivity contribution in [2.24, 2.45) is 0 Å². The molecule has 0 saturated heterocycles. The van der Waals surface area contributed by atoms with Crippen LogP contribution in [0.5, 0.6) is 5.75 Å². The van der Waals surface area contributed by atoms with Crippen molar-refractivity contribution in [2.75, 3.05) is 7.11 Å². The zero-order valence-electron chi connectivity index (χ0n) is 12.4. The van der Waals surface area contributed by atoms with Gasteiger partial charge in [-0.1, -0.05) is 6.92 Å². The lowest BCUT2D eigenvalue weighted by atomic mass is 10.0. The number of aromatic nitrogens is 1. The third kappa shape index (κ3) is 2.13. The smallest absolute Gasteiger partial charge is 0.341 e. The highest BCUT2D eigenvalue weighted by molar-refractivity contribution is 9.10. The fourth-order valence-corrected chi connectivity index (χ4v) is 3.47. The molecule has 0 radical (unpaired) electrons. The van der Waals surface area contributed by atoms with Gasteiger partial charge in [0.15, 0.2) is 5.75 Å². The molecule has 1 N–H and O–H groups in total. The van der Waals surface area contributed by atoms with Crippen LogP contribution in [0.3, 0.4) is 0 Å². The van der Waals surface area contributed by atoms with E-state index in [9.17, 15) is 14.7 Å². The first-order chi connectivity index (χ1) is 10.5. The largest absolute Gasteiger partial charge is 0.493 e. The maximum Gasteiger partial charge on any atom is 0.341 e. The Hall–Kier alpha value is -1.82. The molecule has 1 aliphatic carbocycles. The number of carboxylic acid groups (broad SMARTS) is 1. The molecular weight excluding hydrogens is 350 g/mol. The van der Waals surface area contributed by atoms with Gasteiger partial charge in [-0.2, -0.15) is 0 Å². The van der Waals surface area contributed by atoms with E-state index >= 15 is 0 Å². The van der Waals surface area contributed by atoms with Crippen LogP contribution in [-0.4, -0.2) is 22.8 Å². The van der Waals surface area contributed by atoms with Crippen LogP contribution in [0.25, 0.3) is 10.9 Å². The van der Waals surface area contributed by atoms with Gasteiger partial charge in [-0.3, -0.25) is 4.79 Å². The van der Waals surface area contributed by atoms with Crippen LogP contribution in [0, 0.1) is 0 Å². The van der Waals surface area contributed by atoms with Crippen LogP contribution in [0.4, 0.5) is 0 Å². The van der Waals surface area contributed by atoms with Crippen LogP contribution in [0.2, 0.25) is 0 Å². The third-order valence-corrected chi connectivity index (χ3v) is 4.66. The number of pyridine rings is 1. The van der Waals surface area contributed by atoms with Crippen LogP contribution in [-0.2, 0) is 6.42 Å². The highest BCUT2D eigenvalue weighted by Gasteiger charge is 2.32. The van der Waals surface area contributed by atoms with Crippen LogP contribution < -0.4 is 10.2 Å². The molecule has 0 amide bonds. The molecule has 116 valence electrons. The molecule has 0 aliphatic heterocycles. The summed E-state index contributed by atoms with van der Waals surface area (Å²) in [6, 6.07) is 3.62. The van der Waals surface area contributed by atoms with Gasteiger partial charge in [-0.25, -0.2) is 4.79 Å². The van der Waals surface area contributed by atoms with E-state index < -0.39 is 11.4 Å². The standard InChI is InChI=1S/C16H16BrNO4/c1-3-11-12(16(20)21)14(19)9-6-7-10(17)15(22-2)13(9)18(11)8-4-5-8/h6-8H,3-5H2,1-2H3,(H,20,21). The summed E-state index contributed by atoms with van der Waals surface area (Å²) in [6.07, 6.45) is 2.46. The highest BCUT2D eigenvalue weighted by Crippen LogP contribution is 2.42. The van der Waals surface area contributed by atoms with E-state index in [1.54, 1.807) is 19.2 Å². The Morgan fingerprint density at radius 1 is 1.45 bits per heavy atom. The van der Waals surface area contributed by atoms with Gasteiger partial charge in [0.1, 0.15) is 5.56 Å². The molecule has 1 saturated carbocycles. The number of benzene rings is 1. The number of hydrogen-bond acceptors (Lipinski definition) is 3. The number of aromatic carboxylic acids is 1. The zero-order valence-corrected chi connectivity index (χ0v) is 13.9. The van der Waals surface area contributed by atoms with Crippen molar-refractivity contribution in [2.45, 2.75) is 32.2 Å². The second-order valence-electron chi connectivity index (χ2n) is 5.39. The summed E-state index contributed by atoms with van der Waals surface area (Å²) >= 11 is 3.44. The lowest BCUT2D eigenvalue weighted by Crippen LogP contribution is -2.24. The maximum absolute atomic E-state index is 12.7. The summed E-state index contributed by atoms with van der Waals surface area (Å²) in [5.41, 5.74) is 0.698. The predicted octanol–water partition coefficient (Wildman–Crippen LogP) is 3.37. The molecule has 0 unspecified atom stereocenters. The molecule has 1 heterocycles. The number of carbonyl (C=O) groups is 1. The van der Waals surface area contributed by atoms with Gasteiger partial charge in [-0.05, 0) is 47.3 Å². The number of carboxylic acids is 1. The Kier molecular flexibility index (Phi) is 3.72. The Bertz CT molecular complexity index is 836. The number of hydrogen-bond donors (Lipinski definition) is 1. The molecule has 3 rings (SSSR count). The van der Waals surface area contributed by atoms with E-state index in [0.717, 1.165) is 17.3 Å². The Morgan fingerprint density at radius 2 is 2.14 bits per heavy atom. The van der Waals surface area contributed by atoms with E-state index in [-0.39, 0.29) is 11.6 Å². The van der Waals surface area contributed by atoms with Gasteiger partial charge >= 0.3 is 5.97 Å². The first-order valence-electron chi connectivity index (χ1n) is 7.18. The van der Waals surface area contributed by atoms with Crippen molar-refractivity contribution in [1.29, 1.82) is 0 Å². The molecule has 1 aromatic carbocycles. The SMILES string of the molecule is CCc1c(C(=O)O)c(=O)c2ccc(Br)c(OC)c2n1C1CC1. The fourth-order valence-electron chi connectivity index (χ4n) is 2.99. The zero-order chi connectivity index (χ0) is 16.0. The van der Waals surface area contributed by atoms with Gasteiger partial charge in [-0.15, -0.1) is 0 Å². The Balaban J connectivity index is 2.58. The first-order valence-corrected chi connectivity index (χ1v) is 7.97. The quantitative estimate of drug-likeness (QED) is 0.901. The monoisotopic (exact) mass is 365 g/mol. The van der Waals surface area contributed by atoms with Crippen molar-refractivity contribution in [3.05, 3.63) is 38.1 Å². The van der Waals surface area contributed by atoms with Crippen LogP contribution in [0.1, 0.15) is 41.9 Å². The van der Waals surface area contributed by atoms with Crippen molar-refractivity contribution < 1.29 is 14.6 Å². The number of methoxy groups -OCH3 is 1. The second-order valence-corrected chi connectivity index (χ2v) is 6.24. The number of halogens is 1. The number of nitrogens with zero attached hydrogens (tertiary/aromatic N) is 1. The first kappa shape index (κ1) is 15.1. The van der Waals surface area contributed by atoms with E-state index in [1.165, 1.54) is 0 Å². The lowest BCUT2D eigenvalue weighted by molar-refractivity contribution is 0.0693. The number of fused-ring (bicyclic) bond motifs is 1. The lowest BCUT2D eigenvalue weighted by Gasteiger charge is -2.20.